The van der Waals surface area contributed by atoms with Crippen molar-refractivity contribution < 1.29 is 0 Å². The Morgan fingerprint density at radius 3 is 1.54 bits per heavy atom. The summed E-state index contributed by atoms with van der Waals surface area (Å²) in [5, 5.41) is 0. The summed E-state index contributed by atoms with van der Waals surface area (Å²) in [4.78, 5) is 4.29. The zero-order chi connectivity index (χ0) is 24.8. The highest BCUT2D eigenvalue weighted by molar-refractivity contribution is 5.43. The normalized spacial score (nSPS) is 12.3. The molecule has 35 heavy (non-hydrogen) atoms. The van der Waals surface area contributed by atoms with Gasteiger partial charge in [0.05, 0.1) is 6.33 Å². The SMILES string of the molecule is CCCCCCCCCCCCCCCCC[C@H](CCCCCC)c1ccccc1-n1ccnc1. The van der Waals surface area contributed by atoms with E-state index in [0.717, 1.165) is 0 Å². The number of unbranched alkanes of at least 4 members (excludes halogenated alkanes) is 17. The summed E-state index contributed by atoms with van der Waals surface area (Å²) < 4.78 is 2.20. The molecule has 1 aromatic carbocycles. The van der Waals surface area contributed by atoms with E-state index < -0.39 is 0 Å². The van der Waals surface area contributed by atoms with Crippen LogP contribution in [-0.2, 0) is 0 Å². The van der Waals surface area contributed by atoms with E-state index in [0.29, 0.717) is 5.92 Å². The fourth-order valence-corrected chi connectivity index (χ4v) is 5.50. The summed E-state index contributed by atoms with van der Waals surface area (Å²) in [6.45, 7) is 4.61. The molecular formula is C33H56N2. The molecule has 0 fully saturated rings. The maximum absolute atomic E-state index is 4.29. The molecule has 0 unspecified atom stereocenters. The largest absolute Gasteiger partial charge is 0.306 e. The second-order valence-electron chi connectivity index (χ2n) is 10.8. The lowest BCUT2D eigenvalue weighted by molar-refractivity contribution is 0.485. The van der Waals surface area contributed by atoms with Crippen molar-refractivity contribution in [3.8, 4) is 5.69 Å². The number of imidazole rings is 1. The van der Waals surface area contributed by atoms with Crippen LogP contribution >= 0.6 is 0 Å². The highest BCUT2D eigenvalue weighted by Gasteiger charge is 2.16. The Balaban J connectivity index is 1.62. The zero-order valence-corrected chi connectivity index (χ0v) is 23.4. The van der Waals surface area contributed by atoms with Gasteiger partial charge in [-0.1, -0.05) is 154 Å². The zero-order valence-electron chi connectivity index (χ0n) is 23.4. The van der Waals surface area contributed by atoms with E-state index in [-0.39, 0.29) is 0 Å². The van der Waals surface area contributed by atoms with Gasteiger partial charge in [0.2, 0.25) is 0 Å². The van der Waals surface area contributed by atoms with Crippen LogP contribution in [0.1, 0.15) is 160 Å². The predicted octanol–water partition coefficient (Wildman–Crippen LogP) is 11.2. The van der Waals surface area contributed by atoms with E-state index in [4.69, 9.17) is 0 Å². The monoisotopic (exact) mass is 480 g/mol. The molecule has 198 valence electrons. The second kappa shape index (κ2) is 20.6. The van der Waals surface area contributed by atoms with Crippen LogP contribution in [0.5, 0.6) is 0 Å². The maximum atomic E-state index is 4.29. The van der Waals surface area contributed by atoms with Crippen molar-refractivity contribution in [2.75, 3.05) is 0 Å². The summed E-state index contributed by atoms with van der Waals surface area (Å²) in [6.07, 6.45) is 35.5. The molecule has 2 aromatic rings. The molecule has 0 radical (unpaired) electrons. The van der Waals surface area contributed by atoms with Crippen LogP contribution in [-0.4, -0.2) is 9.55 Å². The van der Waals surface area contributed by atoms with Crippen molar-refractivity contribution in [1.82, 2.24) is 9.55 Å². The van der Waals surface area contributed by atoms with Crippen LogP contribution in [0.25, 0.3) is 5.69 Å². The lowest BCUT2D eigenvalue weighted by Gasteiger charge is -2.21. The molecule has 0 amide bonds. The van der Waals surface area contributed by atoms with Crippen LogP contribution in [0.2, 0.25) is 0 Å². The van der Waals surface area contributed by atoms with Crippen LogP contribution in [0.4, 0.5) is 0 Å². The molecule has 0 N–H and O–H groups in total. The van der Waals surface area contributed by atoms with Crippen molar-refractivity contribution in [1.29, 1.82) is 0 Å². The third-order valence-electron chi connectivity index (χ3n) is 7.72. The smallest absolute Gasteiger partial charge is 0.0991 e. The van der Waals surface area contributed by atoms with Gasteiger partial charge in [0.25, 0.3) is 0 Å². The van der Waals surface area contributed by atoms with Gasteiger partial charge >= 0.3 is 0 Å². The fraction of sp³-hybridized carbons (Fsp3) is 0.727. The molecule has 1 heterocycles. The minimum atomic E-state index is 0.674. The lowest BCUT2D eigenvalue weighted by atomic mass is 9.87. The van der Waals surface area contributed by atoms with E-state index in [2.05, 4.69) is 53.9 Å². The van der Waals surface area contributed by atoms with Gasteiger partial charge in [-0.05, 0) is 30.4 Å². The number of aromatic nitrogens is 2. The molecule has 0 saturated carbocycles. The number of rotatable bonds is 23. The summed E-state index contributed by atoms with van der Waals surface area (Å²) in [6, 6.07) is 9.02. The molecule has 2 heteroatoms. The molecule has 0 saturated heterocycles. The third kappa shape index (κ3) is 13.3. The van der Waals surface area contributed by atoms with Gasteiger partial charge in [-0.25, -0.2) is 4.98 Å². The number of hydrogen-bond donors (Lipinski definition) is 0. The molecule has 0 bridgehead atoms. The second-order valence-corrected chi connectivity index (χ2v) is 10.8. The van der Waals surface area contributed by atoms with E-state index in [1.54, 1.807) is 0 Å². The number of nitrogens with zero attached hydrogens (tertiary/aromatic N) is 2. The molecule has 0 spiro atoms. The highest BCUT2D eigenvalue weighted by Crippen LogP contribution is 2.32. The molecule has 0 aliphatic carbocycles. The van der Waals surface area contributed by atoms with Gasteiger partial charge in [-0.2, -0.15) is 0 Å². The topological polar surface area (TPSA) is 17.8 Å². The molecular weight excluding hydrogens is 424 g/mol. The molecule has 0 aliphatic rings. The number of benzene rings is 1. The Hall–Kier alpha value is -1.57. The van der Waals surface area contributed by atoms with Gasteiger partial charge in [0.15, 0.2) is 0 Å². The van der Waals surface area contributed by atoms with Gasteiger partial charge in [-0.3, -0.25) is 0 Å². The quantitative estimate of drug-likeness (QED) is 0.145. The Kier molecular flexibility index (Phi) is 17.5. The van der Waals surface area contributed by atoms with Crippen LogP contribution in [0.15, 0.2) is 43.0 Å². The first-order valence-corrected chi connectivity index (χ1v) is 15.4. The van der Waals surface area contributed by atoms with Crippen LogP contribution in [0, 0.1) is 0 Å². The first-order valence-electron chi connectivity index (χ1n) is 15.4. The van der Waals surface area contributed by atoms with E-state index in [1.807, 2.05) is 12.5 Å². The Labute approximate surface area is 218 Å². The standard InChI is InChI=1S/C33H56N2/c1-3-5-7-9-10-11-12-13-14-15-16-17-18-19-21-25-31(24-20-8-6-4-2)32-26-22-23-27-33(32)35-29-28-34-30-35/h22-23,26-31H,3-21,24-25H2,1-2H3/t31-/m0/s1. The Bertz CT molecular complexity index is 706. The molecule has 1 atom stereocenters. The van der Waals surface area contributed by atoms with Gasteiger partial charge in [0, 0.05) is 18.1 Å². The van der Waals surface area contributed by atoms with Gasteiger partial charge in [-0.15, -0.1) is 0 Å². The summed E-state index contributed by atoms with van der Waals surface area (Å²) in [5.41, 5.74) is 2.85. The van der Waals surface area contributed by atoms with Crippen molar-refractivity contribution in [2.24, 2.45) is 0 Å². The maximum Gasteiger partial charge on any atom is 0.0991 e. The summed E-state index contributed by atoms with van der Waals surface area (Å²) in [7, 11) is 0. The Morgan fingerprint density at radius 1 is 0.600 bits per heavy atom. The fourth-order valence-electron chi connectivity index (χ4n) is 5.50. The molecule has 0 aliphatic heterocycles. The minimum absolute atomic E-state index is 0.674. The number of hydrogen-bond acceptors (Lipinski definition) is 1. The summed E-state index contributed by atoms with van der Waals surface area (Å²) in [5.74, 6) is 0.674. The predicted molar refractivity (Wildman–Crippen MR) is 155 cm³/mol. The van der Waals surface area contributed by atoms with Crippen molar-refractivity contribution in [3.05, 3.63) is 48.5 Å². The summed E-state index contributed by atoms with van der Waals surface area (Å²) >= 11 is 0. The minimum Gasteiger partial charge on any atom is -0.306 e. The first-order chi connectivity index (χ1) is 17.4. The lowest BCUT2D eigenvalue weighted by Crippen LogP contribution is -2.05. The highest BCUT2D eigenvalue weighted by atomic mass is 15.0. The van der Waals surface area contributed by atoms with Crippen molar-refractivity contribution in [3.63, 3.8) is 0 Å². The van der Waals surface area contributed by atoms with Crippen molar-refractivity contribution in [2.45, 2.75) is 155 Å². The molecule has 2 nitrogen and oxygen atoms in total. The average molecular weight is 481 g/mol. The molecule has 1 aromatic heterocycles. The number of para-hydroxylation sites is 1. The first kappa shape index (κ1) is 29.7. The van der Waals surface area contributed by atoms with Crippen LogP contribution < -0.4 is 0 Å². The molecule has 2 rings (SSSR count). The van der Waals surface area contributed by atoms with Crippen LogP contribution in [0.3, 0.4) is 0 Å². The average Bonchev–Trinajstić information content (AvgIpc) is 3.42. The Morgan fingerprint density at radius 2 is 1.06 bits per heavy atom. The van der Waals surface area contributed by atoms with Gasteiger partial charge < -0.3 is 4.57 Å². The van der Waals surface area contributed by atoms with Gasteiger partial charge in [0.1, 0.15) is 0 Å². The van der Waals surface area contributed by atoms with E-state index >= 15 is 0 Å². The van der Waals surface area contributed by atoms with E-state index in [1.165, 1.54) is 146 Å². The third-order valence-corrected chi connectivity index (χ3v) is 7.72. The van der Waals surface area contributed by atoms with Crippen molar-refractivity contribution >= 4 is 0 Å². The van der Waals surface area contributed by atoms with E-state index in [9.17, 15) is 0 Å².